The molecule has 0 spiro atoms. The van der Waals surface area contributed by atoms with Gasteiger partial charge in [0, 0.05) is 5.92 Å². The lowest BCUT2D eigenvalue weighted by Crippen LogP contribution is -2.17. The minimum Gasteiger partial charge on any atom is -0.316 e. The Hall–Kier alpha value is -2.11. The van der Waals surface area contributed by atoms with Crippen LogP contribution in [0.2, 0.25) is 0 Å². The van der Waals surface area contributed by atoms with Gasteiger partial charge in [0.25, 0.3) is 0 Å². The third-order valence-electron chi connectivity index (χ3n) is 3.58. The molecule has 0 bridgehead atoms. The standard InChI is InChI=1S/C18H20N2/c19-14-17(20)12-7-13-18(15-8-3-1-4-9-15)16-10-5-2-6-11-16/h1-6,8-11,17-18H,7,12-13,20H2. The van der Waals surface area contributed by atoms with Crippen LogP contribution in [-0.4, -0.2) is 6.04 Å². The third kappa shape index (κ3) is 3.94. The van der Waals surface area contributed by atoms with E-state index in [0.717, 1.165) is 19.3 Å². The molecule has 1 unspecified atom stereocenters. The van der Waals surface area contributed by atoms with Gasteiger partial charge in [0.15, 0.2) is 0 Å². The largest absolute Gasteiger partial charge is 0.316 e. The van der Waals surface area contributed by atoms with Crippen molar-refractivity contribution in [3.8, 4) is 6.07 Å². The van der Waals surface area contributed by atoms with Crippen LogP contribution in [0.4, 0.5) is 0 Å². The summed E-state index contributed by atoms with van der Waals surface area (Å²) >= 11 is 0. The van der Waals surface area contributed by atoms with Crippen molar-refractivity contribution in [3.63, 3.8) is 0 Å². The highest BCUT2D eigenvalue weighted by molar-refractivity contribution is 5.32. The Morgan fingerprint density at radius 2 is 1.35 bits per heavy atom. The lowest BCUT2D eigenvalue weighted by Gasteiger charge is -2.18. The van der Waals surface area contributed by atoms with Crippen molar-refractivity contribution in [1.82, 2.24) is 0 Å². The van der Waals surface area contributed by atoms with Crippen LogP contribution in [0.1, 0.15) is 36.3 Å². The van der Waals surface area contributed by atoms with Gasteiger partial charge in [-0.1, -0.05) is 60.7 Å². The SMILES string of the molecule is N#CC(N)CCCC(c1ccccc1)c1ccccc1. The van der Waals surface area contributed by atoms with Gasteiger partial charge in [-0.2, -0.15) is 5.26 Å². The molecule has 0 saturated carbocycles. The van der Waals surface area contributed by atoms with E-state index in [1.54, 1.807) is 0 Å². The number of benzene rings is 2. The normalized spacial score (nSPS) is 12.1. The summed E-state index contributed by atoms with van der Waals surface area (Å²) < 4.78 is 0. The minimum absolute atomic E-state index is 0.345. The van der Waals surface area contributed by atoms with Gasteiger partial charge in [0.1, 0.15) is 0 Å². The van der Waals surface area contributed by atoms with Crippen LogP contribution in [0.25, 0.3) is 0 Å². The monoisotopic (exact) mass is 264 g/mol. The van der Waals surface area contributed by atoms with Crippen LogP contribution in [0, 0.1) is 11.3 Å². The van der Waals surface area contributed by atoms with Gasteiger partial charge in [0.2, 0.25) is 0 Å². The van der Waals surface area contributed by atoms with Crippen molar-refractivity contribution in [2.45, 2.75) is 31.2 Å². The summed E-state index contributed by atoms with van der Waals surface area (Å²) in [4.78, 5) is 0. The van der Waals surface area contributed by atoms with Gasteiger partial charge < -0.3 is 5.73 Å². The molecular formula is C18H20N2. The fourth-order valence-corrected chi connectivity index (χ4v) is 2.50. The summed E-state index contributed by atoms with van der Waals surface area (Å²) in [5.74, 6) is 0.378. The smallest absolute Gasteiger partial charge is 0.0928 e. The van der Waals surface area contributed by atoms with Crippen LogP contribution < -0.4 is 5.73 Å². The van der Waals surface area contributed by atoms with E-state index in [2.05, 4.69) is 54.6 Å². The molecule has 2 nitrogen and oxygen atoms in total. The van der Waals surface area contributed by atoms with Crippen LogP contribution in [0.15, 0.2) is 60.7 Å². The maximum atomic E-state index is 8.76. The molecule has 20 heavy (non-hydrogen) atoms. The Morgan fingerprint density at radius 1 is 0.850 bits per heavy atom. The molecule has 0 aliphatic carbocycles. The Bertz CT molecular complexity index is 503. The molecule has 0 fully saturated rings. The van der Waals surface area contributed by atoms with Crippen molar-refractivity contribution >= 4 is 0 Å². The highest BCUT2D eigenvalue weighted by atomic mass is 14.6. The van der Waals surface area contributed by atoms with Crippen molar-refractivity contribution in [2.75, 3.05) is 0 Å². The molecule has 2 aromatic rings. The molecule has 0 heterocycles. The van der Waals surface area contributed by atoms with Crippen LogP contribution >= 0.6 is 0 Å². The van der Waals surface area contributed by atoms with Crippen molar-refractivity contribution in [1.29, 1.82) is 5.26 Å². The Morgan fingerprint density at radius 3 is 1.80 bits per heavy atom. The first-order valence-electron chi connectivity index (χ1n) is 7.06. The van der Waals surface area contributed by atoms with E-state index < -0.39 is 0 Å². The lowest BCUT2D eigenvalue weighted by molar-refractivity contribution is 0.599. The number of hydrogen-bond donors (Lipinski definition) is 1. The van der Waals surface area contributed by atoms with Crippen molar-refractivity contribution in [2.24, 2.45) is 5.73 Å². The first-order valence-corrected chi connectivity index (χ1v) is 7.06. The number of rotatable bonds is 6. The molecule has 0 aromatic heterocycles. The molecule has 0 saturated heterocycles. The van der Waals surface area contributed by atoms with E-state index in [9.17, 15) is 0 Å². The van der Waals surface area contributed by atoms with Gasteiger partial charge in [-0.3, -0.25) is 0 Å². The minimum atomic E-state index is -0.345. The fraction of sp³-hybridized carbons (Fsp3) is 0.278. The molecule has 0 aliphatic rings. The molecule has 0 amide bonds. The first kappa shape index (κ1) is 14.3. The topological polar surface area (TPSA) is 49.8 Å². The van der Waals surface area contributed by atoms with Crippen LogP contribution in [0.3, 0.4) is 0 Å². The van der Waals surface area contributed by atoms with Gasteiger partial charge >= 0.3 is 0 Å². The predicted molar refractivity (Wildman–Crippen MR) is 82.2 cm³/mol. The van der Waals surface area contributed by atoms with E-state index in [1.165, 1.54) is 11.1 Å². The zero-order valence-corrected chi connectivity index (χ0v) is 11.6. The average Bonchev–Trinajstić information content (AvgIpc) is 2.53. The Kier molecular flexibility index (Phi) is 5.34. The molecule has 102 valence electrons. The third-order valence-corrected chi connectivity index (χ3v) is 3.58. The van der Waals surface area contributed by atoms with E-state index in [-0.39, 0.29) is 6.04 Å². The number of nitriles is 1. The lowest BCUT2D eigenvalue weighted by atomic mass is 9.87. The quantitative estimate of drug-likeness (QED) is 0.861. The summed E-state index contributed by atoms with van der Waals surface area (Å²) in [6.07, 6.45) is 2.74. The first-order chi connectivity index (χ1) is 9.81. The van der Waals surface area contributed by atoms with Crippen molar-refractivity contribution < 1.29 is 0 Å². The molecule has 2 rings (SSSR count). The molecule has 0 radical (unpaired) electrons. The number of nitrogens with two attached hydrogens (primary N) is 1. The van der Waals surface area contributed by atoms with Gasteiger partial charge in [-0.05, 0) is 30.4 Å². The molecule has 2 aromatic carbocycles. The average molecular weight is 264 g/mol. The number of nitrogens with zero attached hydrogens (tertiary/aromatic N) is 1. The molecule has 2 N–H and O–H groups in total. The Labute approximate surface area is 120 Å². The van der Waals surface area contributed by atoms with Crippen LogP contribution in [0.5, 0.6) is 0 Å². The molecule has 2 heteroatoms. The van der Waals surface area contributed by atoms with Gasteiger partial charge in [0.05, 0.1) is 12.1 Å². The highest BCUT2D eigenvalue weighted by Gasteiger charge is 2.14. The zero-order chi connectivity index (χ0) is 14.2. The van der Waals surface area contributed by atoms with Crippen LogP contribution in [-0.2, 0) is 0 Å². The summed E-state index contributed by atoms with van der Waals surface area (Å²) in [7, 11) is 0. The number of hydrogen-bond acceptors (Lipinski definition) is 2. The summed E-state index contributed by atoms with van der Waals surface area (Å²) in [6.45, 7) is 0. The second kappa shape index (κ2) is 7.47. The van der Waals surface area contributed by atoms with Crippen molar-refractivity contribution in [3.05, 3.63) is 71.8 Å². The van der Waals surface area contributed by atoms with E-state index in [0.29, 0.717) is 5.92 Å². The fourth-order valence-electron chi connectivity index (χ4n) is 2.50. The van der Waals surface area contributed by atoms with E-state index in [1.807, 2.05) is 12.1 Å². The summed E-state index contributed by atoms with van der Waals surface area (Å²) in [5.41, 5.74) is 8.32. The maximum absolute atomic E-state index is 8.76. The zero-order valence-electron chi connectivity index (χ0n) is 11.6. The molecule has 1 atom stereocenters. The summed E-state index contributed by atoms with van der Waals surface area (Å²) in [5, 5.41) is 8.76. The second-order valence-corrected chi connectivity index (χ2v) is 5.04. The molecular weight excluding hydrogens is 244 g/mol. The van der Waals surface area contributed by atoms with Gasteiger partial charge in [-0.15, -0.1) is 0 Å². The maximum Gasteiger partial charge on any atom is 0.0928 e. The molecule has 0 aliphatic heterocycles. The Balaban J connectivity index is 2.12. The highest BCUT2D eigenvalue weighted by Crippen LogP contribution is 2.29. The van der Waals surface area contributed by atoms with E-state index >= 15 is 0 Å². The summed E-state index contributed by atoms with van der Waals surface area (Å²) in [6, 6.07) is 22.8. The van der Waals surface area contributed by atoms with Gasteiger partial charge in [-0.25, -0.2) is 0 Å². The second-order valence-electron chi connectivity index (χ2n) is 5.04. The van der Waals surface area contributed by atoms with E-state index in [4.69, 9.17) is 11.0 Å². The predicted octanol–water partition coefficient (Wildman–Crippen LogP) is 3.84.